The molecule has 0 amide bonds. The normalized spacial score (nSPS) is 43.5. The van der Waals surface area contributed by atoms with E-state index in [0.717, 1.165) is 44.9 Å². The first-order valence-electron chi connectivity index (χ1n) is 13.2. The maximum absolute atomic E-state index is 12.8. The van der Waals surface area contributed by atoms with E-state index in [9.17, 15) is 14.7 Å². The molecule has 0 aromatic rings. The van der Waals surface area contributed by atoms with Gasteiger partial charge in [0, 0.05) is 30.8 Å². The van der Waals surface area contributed by atoms with Crippen molar-refractivity contribution in [2.45, 2.75) is 122 Å². The first-order chi connectivity index (χ1) is 15.2. The van der Waals surface area contributed by atoms with Crippen LogP contribution in [0.15, 0.2) is 0 Å². The van der Waals surface area contributed by atoms with Crippen LogP contribution in [0.5, 0.6) is 0 Å². The number of esters is 1. The molecule has 4 saturated carbocycles. The largest absolute Gasteiger partial charge is 0.459 e. The SMILES string of the molecule is CC(=O)O[C@H]1CCC[C@]2(CO[Si](C)(C)C(C)(C)C)[C@H]3CC[C@]4(C)C(=O)CC[C@H]4[C@@H]3CC[C@]12O. The molecular formula is C27H46O5Si. The van der Waals surface area contributed by atoms with Crippen LogP contribution in [0.2, 0.25) is 18.1 Å². The second-order valence-electron chi connectivity index (χ2n) is 13.5. The summed E-state index contributed by atoms with van der Waals surface area (Å²) in [4.78, 5) is 24.8. The van der Waals surface area contributed by atoms with Crippen LogP contribution in [-0.2, 0) is 18.8 Å². The van der Waals surface area contributed by atoms with Crippen LogP contribution in [0.4, 0.5) is 0 Å². The van der Waals surface area contributed by atoms with E-state index in [1.165, 1.54) is 6.92 Å². The van der Waals surface area contributed by atoms with Gasteiger partial charge in [0.05, 0.1) is 0 Å². The van der Waals surface area contributed by atoms with E-state index in [-0.39, 0.29) is 16.4 Å². The number of fused-ring (bicyclic) bond motifs is 5. The Labute approximate surface area is 201 Å². The summed E-state index contributed by atoms with van der Waals surface area (Å²) in [6.07, 6.45) is 7.20. The zero-order valence-corrected chi connectivity index (χ0v) is 23.0. The molecule has 1 N–H and O–H groups in total. The Balaban J connectivity index is 1.74. The number of ether oxygens (including phenoxy) is 1. The average Bonchev–Trinajstić information content (AvgIpc) is 3.01. The van der Waals surface area contributed by atoms with Gasteiger partial charge in [0.2, 0.25) is 0 Å². The Bertz CT molecular complexity index is 803. The molecule has 0 radical (unpaired) electrons. The number of hydrogen-bond acceptors (Lipinski definition) is 5. The van der Waals surface area contributed by atoms with Crippen molar-refractivity contribution in [3.8, 4) is 0 Å². The molecule has 0 aromatic carbocycles. The van der Waals surface area contributed by atoms with Gasteiger partial charge in [-0.1, -0.05) is 27.7 Å². The maximum Gasteiger partial charge on any atom is 0.303 e. The summed E-state index contributed by atoms with van der Waals surface area (Å²) in [7, 11) is -2.04. The maximum atomic E-state index is 12.8. The fourth-order valence-electron chi connectivity index (χ4n) is 8.02. The standard InChI is InChI=1S/C27H46O5Si/c1-18(28)32-23-9-8-14-26(17-31-33(6,7)24(2,3)4)21-13-15-25(5)20(10-11-22(25)29)19(21)12-16-27(23,26)30/h19-21,23,30H,8-17H2,1-7H3/t19-,20-,21-,23-,25-,26-,27-/m0/s1. The van der Waals surface area contributed by atoms with Gasteiger partial charge in [-0.3, -0.25) is 9.59 Å². The third-order valence-corrected chi connectivity index (χ3v) is 15.5. The van der Waals surface area contributed by atoms with Crippen LogP contribution >= 0.6 is 0 Å². The molecule has 4 aliphatic carbocycles. The second kappa shape index (κ2) is 8.16. The molecule has 4 rings (SSSR count). The second-order valence-corrected chi connectivity index (χ2v) is 18.3. The number of ketones is 1. The van der Waals surface area contributed by atoms with Crippen LogP contribution in [0, 0.1) is 28.6 Å². The number of aliphatic hydroxyl groups is 1. The van der Waals surface area contributed by atoms with Gasteiger partial charge in [-0.05, 0) is 87.3 Å². The molecule has 6 heteroatoms. The molecule has 33 heavy (non-hydrogen) atoms. The van der Waals surface area contributed by atoms with Crippen molar-refractivity contribution in [1.82, 2.24) is 0 Å². The number of carbonyl (C=O) groups is 2. The van der Waals surface area contributed by atoms with E-state index in [2.05, 4.69) is 40.8 Å². The summed E-state index contributed by atoms with van der Waals surface area (Å²) < 4.78 is 12.7. The summed E-state index contributed by atoms with van der Waals surface area (Å²) >= 11 is 0. The van der Waals surface area contributed by atoms with Crippen molar-refractivity contribution in [1.29, 1.82) is 0 Å². The Kier molecular flexibility index (Phi) is 6.27. The lowest BCUT2D eigenvalue weighted by Gasteiger charge is -2.65. The lowest BCUT2D eigenvalue weighted by atomic mass is 9.43. The number of rotatable bonds is 4. The lowest BCUT2D eigenvalue weighted by molar-refractivity contribution is -0.265. The molecule has 0 aliphatic heterocycles. The molecule has 0 bridgehead atoms. The van der Waals surface area contributed by atoms with E-state index in [1.807, 2.05) is 0 Å². The minimum absolute atomic E-state index is 0.0861. The smallest absolute Gasteiger partial charge is 0.303 e. The van der Waals surface area contributed by atoms with Crippen molar-refractivity contribution in [2.24, 2.45) is 28.6 Å². The van der Waals surface area contributed by atoms with E-state index in [0.29, 0.717) is 43.0 Å². The molecule has 4 fully saturated rings. The Hall–Kier alpha value is -0.723. The van der Waals surface area contributed by atoms with Gasteiger partial charge in [0.15, 0.2) is 8.32 Å². The molecule has 0 aromatic heterocycles. The minimum Gasteiger partial charge on any atom is -0.459 e. The van der Waals surface area contributed by atoms with Gasteiger partial charge in [-0.15, -0.1) is 0 Å². The predicted molar refractivity (Wildman–Crippen MR) is 131 cm³/mol. The zero-order valence-electron chi connectivity index (χ0n) is 22.0. The van der Waals surface area contributed by atoms with Crippen LogP contribution < -0.4 is 0 Å². The quantitative estimate of drug-likeness (QED) is 0.418. The van der Waals surface area contributed by atoms with Gasteiger partial charge in [0.25, 0.3) is 0 Å². The van der Waals surface area contributed by atoms with E-state index < -0.39 is 25.4 Å². The first-order valence-corrected chi connectivity index (χ1v) is 16.2. The molecule has 0 heterocycles. The average molecular weight is 479 g/mol. The van der Waals surface area contributed by atoms with Gasteiger partial charge in [0.1, 0.15) is 17.5 Å². The van der Waals surface area contributed by atoms with Crippen LogP contribution in [0.25, 0.3) is 0 Å². The van der Waals surface area contributed by atoms with Crippen LogP contribution in [-0.4, -0.2) is 43.5 Å². The lowest BCUT2D eigenvalue weighted by Crippen LogP contribution is -2.70. The van der Waals surface area contributed by atoms with Gasteiger partial charge in [-0.2, -0.15) is 0 Å². The van der Waals surface area contributed by atoms with Gasteiger partial charge >= 0.3 is 5.97 Å². The molecule has 5 nitrogen and oxygen atoms in total. The molecule has 0 unspecified atom stereocenters. The van der Waals surface area contributed by atoms with Gasteiger partial charge in [-0.25, -0.2) is 0 Å². The highest BCUT2D eigenvalue weighted by molar-refractivity contribution is 6.74. The Morgan fingerprint density at radius 2 is 1.79 bits per heavy atom. The first kappa shape index (κ1) is 25.4. The predicted octanol–water partition coefficient (Wildman–Crippen LogP) is 5.65. The number of Topliss-reactive ketones (excluding diaryl/α,β-unsaturated/α-hetero) is 1. The summed E-state index contributed by atoms with van der Waals surface area (Å²) in [5.41, 5.74) is -1.67. The molecular weight excluding hydrogens is 432 g/mol. The Morgan fingerprint density at radius 3 is 2.42 bits per heavy atom. The Morgan fingerprint density at radius 1 is 1.09 bits per heavy atom. The van der Waals surface area contributed by atoms with Gasteiger partial charge < -0.3 is 14.3 Å². The van der Waals surface area contributed by atoms with E-state index in [1.54, 1.807) is 0 Å². The highest BCUT2D eigenvalue weighted by Crippen LogP contribution is 2.67. The van der Waals surface area contributed by atoms with Crippen molar-refractivity contribution >= 4 is 20.1 Å². The zero-order chi connectivity index (χ0) is 24.4. The third kappa shape index (κ3) is 3.77. The molecule has 4 aliphatic rings. The van der Waals surface area contributed by atoms with E-state index in [4.69, 9.17) is 9.16 Å². The molecule has 7 atom stereocenters. The van der Waals surface area contributed by atoms with Crippen LogP contribution in [0.1, 0.15) is 92.4 Å². The molecule has 0 saturated heterocycles. The van der Waals surface area contributed by atoms with Crippen molar-refractivity contribution in [2.75, 3.05) is 6.61 Å². The monoisotopic (exact) mass is 478 g/mol. The fourth-order valence-corrected chi connectivity index (χ4v) is 9.07. The summed E-state index contributed by atoms with van der Waals surface area (Å²) in [6, 6.07) is 0. The summed E-state index contributed by atoms with van der Waals surface area (Å²) in [5.74, 6) is 1.29. The highest BCUT2D eigenvalue weighted by atomic mass is 28.4. The third-order valence-electron chi connectivity index (χ3n) is 11.0. The van der Waals surface area contributed by atoms with Crippen molar-refractivity contribution < 1.29 is 23.9 Å². The number of hydrogen-bond donors (Lipinski definition) is 1. The minimum atomic E-state index is -2.04. The highest BCUT2D eigenvalue weighted by Gasteiger charge is 2.69. The molecule has 188 valence electrons. The summed E-state index contributed by atoms with van der Waals surface area (Å²) in [6.45, 7) is 15.5. The van der Waals surface area contributed by atoms with Crippen molar-refractivity contribution in [3.63, 3.8) is 0 Å². The topological polar surface area (TPSA) is 72.8 Å². The van der Waals surface area contributed by atoms with E-state index >= 15 is 0 Å². The number of carbonyl (C=O) groups excluding carboxylic acids is 2. The van der Waals surface area contributed by atoms with Crippen LogP contribution in [0.3, 0.4) is 0 Å². The summed E-state index contributed by atoms with van der Waals surface area (Å²) in [5, 5.41) is 12.5. The van der Waals surface area contributed by atoms with Crippen molar-refractivity contribution in [3.05, 3.63) is 0 Å². The fraction of sp³-hybridized carbons (Fsp3) is 0.926. The molecule has 0 spiro atoms.